The number of hydrogen-bond acceptors (Lipinski definition) is 17. The van der Waals surface area contributed by atoms with Gasteiger partial charge < -0.3 is 45.7 Å². The maximum atomic E-state index is 13.7. The maximum Gasteiger partial charge on any atom is 0.694 e. The molecule has 2 aliphatic rings. The molecule has 4 aromatic rings. The summed E-state index contributed by atoms with van der Waals surface area (Å²) in [6, 6.07) is 0. The summed E-state index contributed by atoms with van der Waals surface area (Å²) in [5, 5.41) is 36.4. The van der Waals surface area contributed by atoms with Crippen LogP contribution in [-0.2, 0) is 27.7 Å². The third kappa shape index (κ3) is 5.25. The Bertz CT molecular complexity index is 1830. The molecule has 24 heteroatoms. The molecule has 4 aromatic heterocycles. The Labute approximate surface area is 244 Å². The van der Waals surface area contributed by atoms with Crippen molar-refractivity contribution in [1.82, 2.24) is 39.1 Å². The van der Waals surface area contributed by atoms with E-state index in [1.807, 2.05) is 0 Å². The molecule has 2 aliphatic heterocycles. The molecule has 0 aromatic carbocycles. The van der Waals surface area contributed by atoms with Gasteiger partial charge >= 0.3 is 15.9 Å². The van der Waals surface area contributed by atoms with E-state index < -0.39 is 83.1 Å². The molecule has 10 atom stereocenters. The van der Waals surface area contributed by atoms with Gasteiger partial charge in [0.15, 0.2) is 28.9 Å². The van der Waals surface area contributed by atoms with E-state index in [-0.39, 0.29) is 34.3 Å². The van der Waals surface area contributed by atoms with Crippen LogP contribution in [0.1, 0.15) is 18.0 Å². The fraction of sp³-hybridized carbons (Fsp3) is 0.500. The average molecular weight is 659 g/mol. The number of nitrogens with two attached hydrogens (primary N) is 2. The fourth-order valence-corrected chi connectivity index (χ4v) is 7.08. The minimum atomic E-state index is -4.99. The van der Waals surface area contributed by atoms with Gasteiger partial charge in [-0.2, -0.15) is 10.1 Å². The normalized spacial score (nSPS) is 30.7. The van der Waals surface area contributed by atoms with E-state index in [2.05, 4.69) is 34.5 Å². The van der Waals surface area contributed by atoms with Crippen molar-refractivity contribution in [2.75, 3.05) is 24.7 Å². The van der Waals surface area contributed by atoms with Crippen molar-refractivity contribution in [3.8, 4) is 0 Å². The summed E-state index contributed by atoms with van der Waals surface area (Å²) in [5.41, 5.74) is 8.91. The smallest absolute Gasteiger partial charge is 0.389 e. The highest BCUT2D eigenvalue weighted by Crippen LogP contribution is 2.57. The number of aromatic amines is 1. The van der Waals surface area contributed by atoms with Crippen molar-refractivity contribution in [3.05, 3.63) is 34.9 Å². The van der Waals surface area contributed by atoms with Crippen LogP contribution in [0.2, 0.25) is 0 Å². The van der Waals surface area contributed by atoms with E-state index in [1.54, 1.807) is 0 Å². The summed E-state index contributed by atoms with van der Waals surface area (Å²) < 4.78 is 48.6. The Morgan fingerprint density at radius 2 is 1.82 bits per heavy atom. The maximum absolute atomic E-state index is 13.7. The van der Waals surface area contributed by atoms with Gasteiger partial charge in [0, 0.05) is 4.57 Å². The Morgan fingerprint density at radius 3 is 2.57 bits per heavy atom. The van der Waals surface area contributed by atoms with Crippen LogP contribution in [0.25, 0.3) is 16.8 Å². The first-order chi connectivity index (χ1) is 20.9. The van der Waals surface area contributed by atoms with Crippen LogP contribution in [-0.4, -0.2) is 114 Å². The van der Waals surface area contributed by atoms with Gasteiger partial charge in [-0.25, -0.2) is 19.5 Å². The lowest BCUT2D eigenvalue weighted by molar-refractivity contribution is -0.0388. The van der Waals surface area contributed by atoms with Crippen LogP contribution in [0.5, 0.6) is 0 Å². The molecule has 0 bridgehead atoms. The Hall–Kier alpha value is -3.53. The van der Waals surface area contributed by atoms with Gasteiger partial charge in [-0.1, -0.05) is 0 Å². The Morgan fingerprint density at radius 1 is 1.07 bits per heavy atom. The van der Waals surface area contributed by atoms with Gasteiger partial charge in [-0.3, -0.25) is 18.9 Å². The first-order valence-corrected chi connectivity index (χ1v) is 15.4. The molecular weight excluding hydrogens is 634 g/mol. The van der Waals surface area contributed by atoms with Crippen molar-refractivity contribution >= 4 is 44.4 Å². The van der Waals surface area contributed by atoms with Crippen molar-refractivity contribution in [1.29, 1.82) is 0 Å². The molecule has 0 radical (unpaired) electrons. The number of nitrogens with one attached hydrogen (secondary N) is 1. The van der Waals surface area contributed by atoms with Gasteiger partial charge in [0.1, 0.15) is 55.2 Å². The largest absolute Gasteiger partial charge is 0.694 e. The van der Waals surface area contributed by atoms with Gasteiger partial charge in [0.2, 0.25) is 5.95 Å². The van der Waals surface area contributed by atoms with Gasteiger partial charge in [0.25, 0.3) is 5.56 Å². The minimum Gasteiger partial charge on any atom is -0.389 e. The van der Waals surface area contributed by atoms with Crippen LogP contribution in [0, 0.1) is 0 Å². The van der Waals surface area contributed by atoms with Gasteiger partial charge in [0.05, 0.1) is 24.8 Å². The molecule has 2 fully saturated rings. The number of aromatic nitrogens is 8. The Balaban J connectivity index is 1.26. The predicted octanol–water partition coefficient (Wildman–Crippen LogP) is -2.92. The molecule has 0 aliphatic carbocycles. The number of rotatable bonds is 9. The van der Waals surface area contributed by atoms with E-state index >= 15 is 0 Å². The highest BCUT2D eigenvalue weighted by molar-refractivity contribution is 7.53. The summed E-state index contributed by atoms with van der Waals surface area (Å²) >= 11 is 0. The SMILES string of the molecule is Nc1nc2c(ncn2[C@@H]2O[C@H](CO[P+](=O)O)[C@@H](O)[C@H]2P(=O)(O)OC[C@H]2O[C@@H](c3cnc4c(N)ncnn34)[C@H](O)[C@@H]2O)c(=O)[nH]1. The van der Waals surface area contributed by atoms with Crippen molar-refractivity contribution in [2.45, 2.75) is 48.5 Å². The quantitative estimate of drug-likeness (QED) is 0.0834. The summed E-state index contributed by atoms with van der Waals surface area (Å²) in [5.74, 6) is -0.254. The first-order valence-electron chi connectivity index (χ1n) is 12.6. The van der Waals surface area contributed by atoms with Crippen LogP contribution in [0.3, 0.4) is 0 Å². The molecule has 6 heterocycles. The first kappa shape index (κ1) is 30.5. The van der Waals surface area contributed by atoms with E-state index in [0.29, 0.717) is 0 Å². The van der Waals surface area contributed by atoms with Gasteiger partial charge in [-0.15, -0.1) is 9.42 Å². The molecule has 236 valence electrons. The number of nitrogen functional groups attached to an aromatic ring is 2. The lowest BCUT2D eigenvalue weighted by Crippen LogP contribution is -2.36. The molecule has 44 heavy (non-hydrogen) atoms. The second kappa shape index (κ2) is 11.4. The Kier molecular flexibility index (Phi) is 7.93. The number of aliphatic hydroxyl groups excluding tert-OH is 3. The average Bonchev–Trinajstić information content (AvgIpc) is 3.72. The number of anilines is 2. The van der Waals surface area contributed by atoms with Crippen LogP contribution in [0.15, 0.2) is 23.6 Å². The zero-order valence-corrected chi connectivity index (χ0v) is 23.8. The van der Waals surface area contributed by atoms with Crippen molar-refractivity contribution in [2.24, 2.45) is 0 Å². The summed E-state index contributed by atoms with van der Waals surface area (Å²) in [6.45, 7) is -1.43. The molecule has 0 amide bonds. The molecule has 6 rings (SSSR count). The van der Waals surface area contributed by atoms with Crippen LogP contribution < -0.4 is 17.0 Å². The van der Waals surface area contributed by atoms with Crippen molar-refractivity contribution in [3.63, 3.8) is 0 Å². The highest BCUT2D eigenvalue weighted by atomic mass is 31.2. The summed E-state index contributed by atoms with van der Waals surface area (Å²) in [6.07, 6.45) is -7.04. The second-order valence-electron chi connectivity index (χ2n) is 9.86. The molecule has 10 N–H and O–H groups in total. The third-order valence-corrected chi connectivity index (χ3v) is 9.43. The van der Waals surface area contributed by atoms with E-state index in [0.717, 1.165) is 17.2 Å². The van der Waals surface area contributed by atoms with Crippen LogP contribution >= 0.6 is 15.9 Å². The number of hydrogen-bond donors (Lipinski definition) is 8. The second-order valence-corrected chi connectivity index (χ2v) is 12.6. The zero-order valence-electron chi connectivity index (χ0n) is 22.0. The number of ether oxygens (including phenoxy) is 2. The molecule has 0 spiro atoms. The fourth-order valence-electron chi connectivity index (χ4n) is 5.16. The molecule has 0 saturated carbocycles. The molecular formula is C20H25N10O12P2+. The lowest BCUT2D eigenvalue weighted by atomic mass is 10.1. The van der Waals surface area contributed by atoms with Crippen LogP contribution in [0.4, 0.5) is 11.8 Å². The number of imidazole rings is 2. The van der Waals surface area contributed by atoms with E-state index in [9.17, 15) is 34.1 Å². The monoisotopic (exact) mass is 659 g/mol. The highest BCUT2D eigenvalue weighted by Gasteiger charge is 2.56. The number of nitrogens with zero attached hydrogens (tertiary/aromatic N) is 7. The molecule has 22 nitrogen and oxygen atoms in total. The standard InChI is InChI=1S/C20H24N10O12P2/c21-15-17-23-1-6(30(17)26-4-24-15)13-12(33)10(31)8(41-13)3-40-44(37,38)14-11(32)7(2-39-43(35)36)42-19(14)29-5-25-9-16(29)27-20(22)28-18(9)34/h1,4-5,7-8,10-14,19,31-33H,2-3H2,(H6-,21,22,24,26,27,28,34,35,36,37,38)/p+1/t7-,8-,10-,11-,12-,13+,14-,19-/m1/s1. The number of aliphatic hydroxyl groups is 3. The third-order valence-electron chi connectivity index (χ3n) is 7.22. The number of H-pyrrole nitrogens is 1. The topological polar surface area (TPSA) is 331 Å². The number of fused-ring (bicyclic) bond motifs is 2. The van der Waals surface area contributed by atoms with Crippen molar-refractivity contribution < 1.29 is 52.8 Å². The minimum absolute atomic E-state index is 0.0509. The predicted molar refractivity (Wildman–Crippen MR) is 143 cm³/mol. The lowest BCUT2D eigenvalue weighted by Gasteiger charge is -2.27. The zero-order chi connectivity index (χ0) is 31.5. The van der Waals surface area contributed by atoms with Gasteiger partial charge in [-0.05, 0) is 0 Å². The van der Waals surface area contributed by atoms with E-state index in [1.165, 1.54) is 10.7 Å². The van der Waals surface area contributed by atoms with E-state index in [4.69, 9.17) is 30.4 Å². The molecule has 2 unspecified atom stereocenters. The summed E-state index contributed by atoms with van der Waals surface area (Å²) in [7, 11) is -8.11. The summed E-state index contributed by atoms with van der Waals surface area (Å²) in [4.78, 5) is 50.6. The molecule has 2 saturated heterocycles.